The molecular formula is C18H33N3O5S. The number of carbonyl (C=O) groups excluding carboxylic acids is 3. The number of carbonyl (C=O) groups is 3. The Hall–Kier alpha value is -1.64. The van der Waals surface area contributed by atoms with Crippen molar-refractivity contribution in [3.63, 3.8) is 0 Å². The monoisotopic (exact) mass is 403 g/mol. The Morgan fingerprint density at radius 2 is 1.59 bits per heavy atom. The Kier molecular flexibility index (Phi) is 9.76. The smallest absolute Gasteiger partial charge is 0.244 e. The lowest BCUT2D eigenvalue weighted by atomic mass is 10.2. The fourth-order valence-electron chi connectivity index (χ4n) is 3.04. The first-order chi connectivity index (χ1) is 12.7. The van der Waals surface area contributed by atoms with Crippen LogP contribution in [0.5, 0.6) is 0 Å². The molecule has 8 nitrogen and oxygen atoms in total. The van der Waals surface area contributed by atoms with Gasteiger partial charge in [0.25, 0.3) is 0 Å². The molecule has 0 bridgehead atoms. The summed E-state index contributed by atoms with van der Waals surface area (Å²) in [5.41, 5.74) is 0. The molecule has 0 spiro atoms. The summed E-state index contributed by atoms with van der Waals surface area (Å²) in [6.07, 6.45) is 2.76. The van der Waals surface area contributed by atoms with Crippen molar-refractivity contribution in [3.8, 4) is 0 Å². The van der Waals surface area contributed by atoms with E-state index in [-0.39, 0.29) is 48.7 Å². The molecule has 3 amide bonds. The van der Waals surface area contributed by atoms with Crippen molar-refractivity contribution in [2.24, 2.45) is 0 Å². The predicted molar refractivity (Wildman–Crippen MR) is 104 cm³/mol. The first-order valence-electron chi connectivity index (χ1n) is 9.76. The Labute approximate surface area is 162 Å². The van der Waals surface area contributed by atoms with Gasteiger partial charge in [-0.05, 0) is 26.2 Å². The lowest BCUT2D eigenvalue weighted by Crippen LogP contribution is -2.51. The second-order valence-electron chi connectivity index (χ2n) is 7.00. The van der Waals surface area contributed by atoms with Crippen molar-refractivity contribution >= 4 is 27.6 Å². The average molecular weight is 404 g/mol. The minimum Gasteiger partial charge on any atom is -0.345 e. The van der Waals surface area contributed by atoms with E-state index in [0.717, 1.165) is 25.9 Å². The molecule has 156 valence electrons. The number of nitrogens with zero attached hydrogens (tertiary/aromatic N) is 2. The van der Waals surface area contributed by atoms with E-state index in [1.807, 2.05) is 18.7 Å². The number of amides is 3. The zero-order valence-electron chi connectivity index (χ0n) is 16.7. The fraction of sp³-hybridized carbons (Fsp3) is 0.833. The lowest BCUT2D eigenvalue weighted by molar-refractivity contribution is -0.136. The second kappa shape index (κ2) is 11.3. The molecule has 0 aromatic rings. The van der Waals surface area contributed by atoms with Gasteiger partial charge in [-0.15, -0.1) is 0 Å². The summed E-state index contributed by atoms with van der Waals surface area (Å²) in [5, 5.41) is 2.65. The molecule has 27 heavy (non-hydrogen) atoms. The maximum absolute atomic E-state index is 12.3. The average Bonchev–Trinajstić information content (AvgIpc) is 2.60. The largest absolute Gasteiger partial charge is 0.345 e. The molecule has 0 saturated carbocycles. The number of hydrogen-bond donors (Lipinski definition) is 1. The van der Waals surface area contributed by atoms with Crippen LogP contribution < -0.4 is 5.32 Å². The van der Waals surface area contributed by atoms with E-state index in [9.17, 15) is 22.8 Å². The third kappa shape index (κ3) is 8.28. The van der Waals surface area contributed by atoms with Crippen molar-refractivity contribution in [3.05, 3.63) is 0 Å². The second-order valence-corrected chi connectivity index (χ2v) is 9.30. The van der Waals surface area contributed by atoms with Gasteiger partial charge in [0.05, 0.1) is 11.5 Å². The van der Waals surface area contributed by atoms with Gasteiger partial charge in [0.1, 0.15) is 6.04 Å². The van der Waals surface area contributed by atoms with Crippen molar-refractivity contribution in [2.75, 3.05) is 37.7 Å². The Morgan fingerprint density at radius 3 is 2.11 bits per heavy atom. The number of sulfone groups is 1. The van der Waals surface area contributed by atoms with Crippen molar-refractivity contribution in [2.45, 2.75) is 58.9 Å². The van der Waals surface area contributed by atoms with Crippen molar-refractivity contribution < 1.29 is 22.8 Å². The highest BCUT2D eigenvalue weighted by molar-refractivity contribution is 7.91. The van der Waals surface area contributed by atoms with Gasteiger partial charge in [0.2, 0.25) is 17.7 Å². The van der Waals surface area contributed by atoms with Crippen LogP contribution in [0.1, 0.15) is 52.9 Å². The normalized spacial score (nSPS) is 17.2. The first kappa shape index (κ1) is 23.4. The first-order valence-corrected chi connectivity index (χ1v) is 11.6. The molecule has 1 saturated heterocycles. The molecule has 1 N–H and O–H groups in total. The molecule has 1 heterocycles. The molecule has 1 atom stereocenters. The van der Waals surface area contributed by atoms with Gasteiger partial charge in [0.15, 0.2) is 9.84 Å². The molecule has 9 heteroatoms. The molecule has 1 unspecified atom stereocenters. The van der Waals surface area contributed by atoms with Crippen LogP contribution in [0.25, 0.3) is 0 Å². The Morgan fingerprint density at radius 1 is 1.04 bits per heavy atom. The minimum atomic E-state index is -3.05. The highest BCUT2D eigenvalue weighted by Gasteiger charge is 2.28. The minimum absolute atomic E-state index is 0.0342. The van der Waals surface area contributed by atoms with Crippen LogP contribution in [-0.2, 0) is 24.2 Å². The van der Waals surface area contributed by atoms with Crippen LogP contribution in [0, 0.1) is 0 Å². The third-order valence-corrected chi connectivity index (χ3v) is 6.15. The standard InChI is InChI=1S/C18H33N3O5S/c1-4-9-20(10-5-2)17(23)8-6-7-16(22)19-15(3)18(24)21-11-13-27(25,26)14-12-21/h15H,4-14H2,1-3H3,(H,19,22). The van der Waals surface area contributed by atoms with E-state index < -0.39 is 15.9 Å². The van der Waals surface area contributed by atoms with Gasteiger partial charge in [-0.1, -0.05) is 13.8 Å². The Balaban J connectivity index is 2.34. The Bertz CT molecular complexity index is 600. The van der Waals surface area contributed by atoms with Crippen LogP contribution in [-0.4, -0.2) is 79.7 Å². The van der Waals surface area contributed by atoms with Gasteiger partial charge in [-0.25, -0.2) is 8.42 Å². The zero-order valence-corrected chi connectivity index (χ0v) is 17.5. The van der Waals surface area contributed by atoms with E-state index in [4.69, 9.17) is 0 Å². The third-order valence-electron chi connectivity index (χ3n) is 4.54. The van der Waals surface area contributed by atoms with E-state index in [1.54, 1.807) is 6.92 Å². The molecule has 1 aliphatic heterocycles. The predicted octanol–water partition coefficient (Wildman–Crippen LogP) is 0.567. The maximum atomic E-state index is 12.3. The summed E-state index contributed by atoms with van der Waals surface area (Å²) < 4.78 is 22.9. The van der Waals surface area contributed by atoms with E-state index >= 15 is 0 Å². The van der Waals surface area contributed by atoms with Crippen molar-refractivity contribution in [1.29, 1.82) is 0 Å². The molecule has 1 fully saturated rings. The summed E-state index contributed by atoms with van der Waals surface area (Å²) in [6, 6.07) is -0.703. The topological polar surface area (TPSA) is 104 Å². The van der Waals surface area contributed by atoms with Gasteiger partial charge in [-0.3, -0.25) is 14.4 Å². The van der Waals surface area contributed by atoms with E-state index in [2.05, 4.69) is 5.32 Å². The molecule has 1 rings (SSSR count). The summed E-state index contributed by atoms with van der Waals surface area (Å²) in [7, 11) is -3.05. The van der Waals surface area contributed by atoms with Crippen LogP contribution in [0.15, 0.2) is 0 Å². The van der Waals surface area contributed by atoms with Crippen LogP contribution >= 0.6 is 0 Å². The molecular weight excluding hydrogens is 370 g/mol. The SMILES string of the molecule is CCCN(CCC)C(=O)CCCC(=O)NC(C)C(=O)N1CCS(=O)(=O)CC1. The number of rotatable bonds is 10. The molecule has 1 aliphatic rings. The maximum Gasteiger partial charge on any atom is 0.244 e. The van der Waals surface area contributed by atoms with Gasteiger partial charge >= 0.3 is 0 Å². The summed E-state index contributed by atoms with van der Waals surface area (Å²) in [4.78, 5) is 39.8. The van der Waals surface area contributed by atoms with Gasteiger partial charge in [-0.2, -0.15) is 0 Å². The quantitative estimate of drug-likeness (QED) is 0.574. The van der Waals surface area contributed by atoms with Crippen LogP contribution in [0.4, 0.5) is 0 Å². The number of hydrogen-bond acceptors (Lipinski definition) is 5. The van der Waals surface area contributed by atoms with Gasteiger partial charge in [0, 0.05) is 39.0 Å². The van der Waals surface area contributed by atoms with Gasteiger partial charge < -0.3 is 15.1 Å². The summed E-state index contributed by atoms with van der Waals surface area (Å²) in [5.74, 6) is -0.552. The lowest BCUT2D eigenvalue weighted by Gasteiger charge is -2.29. The summed E-state index contributed by atoms with van der Waals surface area (Å²) >= 11 is 0. The number of nitrogens with one attached hydrogen (secondary N) is 1. The van der Waals surface area contributed by atoms with Crippen LogP contribution in [0.2, 0.25) is 0 Å². The highest BCUT2D eigenvalue weighted by atomic mass is 32.2. The molecule has 0 radical (unpaired) electrons. The summed E-state index contributed by atoms with van der Waals surface area (Å²) in [6.45, 7) is 7.45. The zero-order chi connectivity index (χ0) is 20.4. The van der Waals surface area contributed by atoms with E-state index in [1.165, 1.54) is 4.90 Å². The highest BCUT2D eigenvalue weighted by Crippen LogP contribution is 2.07. The van der Waals surface area contributed by atoms with Crippen molar-refractivity contribution in [1.82, 2.24) is 15.1 Å². The molecule has 0 aliphatic carbocycles. The molecule has 0 aromatic carbocycles. The molecule has 0 aromatic heterocycles. The fourth-order valence-corrected chi connectivity index (χ4v) is 4.24. The van der Waals surface area contributed by atoms with E-state index in [0.29, 0.717) is 12.8 Å². The van der Waals surface area contributed by atoms with Crippen LogP contribution in [0.3, 0.4) is 0 Å².